The summed E-state index contributed by atoms with van der Waals surface area (Å²) in [5.41, 5.74) is 0.632. The highest BCUT2D eigenvalue weighted by molar-refractivity contribution is 14.1. The zero-order valence-corrected chi connectivity index (χ0v) is 23.2. The second-order valence-electron chi connectivity index (χ2n) is 12.2. The molecule has 3 rings (SSSR count). The molecule has 2 saturated carbocycles. The summed E-state index contributed by atoms with van der Waals surface area (Å²) in [6, 6.07) is 2.53. The zero-order chi connectivity index (χ0) is 23.4. The Hall–Kier alpha value is -0.570. The molecule has 0 radical (unpaired) electrons. The van der Waals surface area contributed by atoms with Crippen LogP contribution in [0.1, 0.15) is 118 Å². The molecule has 0 bridgehead atoms. The summed E-state index contributed by atoms with van der Waals surface area (Å²) in [5.74, 6) is 0.562. The van der Waals surface area contributed by atoms with E-state index in [0.717, 1.165) is 19.4 Å². The van der Waals surface area contributed by atoms with Gasteiger partial charge in [-0.1, -0.05) is 94.9 Å². The molecule has 2 aliphatic carbocycles. The number of hydrogen-bond donors (Lipinski definition) is 0. The minimum atomic E-state index is -0.161. The minimum absolute atomic E-state index is 0.0260. The quantitative estimate of drug-likeness (QED) is 0.117. The molecular formula is C28H45IN2O. The van der Waals surface area contributed by atoms with Crippen molar-refractivity contribution in [3.63, 3.8) is 0 Å². The molecule has 3 unspecified atom stereocenters. The van der Waals surface area contributed by atoms with Gasteiger partial charge in [0.25, 0.3) is 5.91 Å². The van der Waals surface area contributed by atoms with E-state index in [1.54, 1.807) is 0 Å². The Labute approximate surface area is 210 Å². The van der Waals surface area contributed by atoms with Crippen LogP contribution in [0.25, 0.3) is 0 Å². The van der Waals surface area contributed by atoms with Crippen LogP contribution in [0.5, 0.6) is 0 Å². The van der Waals surface area contributed by atoms with Gasteiger partial charge in [-0.05, 0) is 68.1 Å². The summed E-state index contributed by atoms with van der Waals surface area (Å²) in [6.45, 7) is 9.57. The number of carbonyl (C=O) groups excluding carboxylic acids is 1. The summed E-state index contributed by atoms with van der Waals surface area (Å²) < 4.78 is 0.397. The molecule has 0 N–H and O–H groups in total. The Morgan fingerprint density at radius 1 is 0.969 bits per heavy atom. The fraction of sp³-hybridized carbons (Fsp3) is 0.857. The number of likely N-dealkylation sites (tertiary alicyclic amines) is 1. The topological polar surface area (TPSA) is 44.1 Å². The zero-order valence-electron chi connectivity index (χ0n) is 21.0. The molecule has 1 heterocycles. The lowest BCUT2D eigenvalue weighted by Crippen LogP contribution is -2.42. The van der Waals surface area contributed by atoms with E-state index in [9.17, 15) is 10.1 Å². The molecule has 1 aliphatic heterocycles. The largest absolute Gasteiger partial charge is 0.335 e. The normalized spacial score (nSPS) is 32.5. The summed E-state index contributed by atoms with van der Waals surface area (Å²) >= 11 is 2.87. The first-order valence-corrected chi connectivity index (χ1v) is 14.3. The lowest BCUT2D eigenvalue weighted by molar-refractivity contribution is -0.128. The molecule has 0 aromatic heterocycles. The highest BCUT2D eigenvalue weighted by Gasteiger charge is 2.47. The molecular weight excluding hydrogens is 507 g/mol. The number of hydrogen-bond acceptors (Lipinski definition) is 2. The maximum absolute atomic E-state index is 13.3. The van der Waals surface area contributed by atoms with Gasteiger partial charge in [-0.15, -0.1) is 0 Å². The number of allylic oxidation sites excluding steroid dienone is 1. The molecule has 180 valence electrons. The number of nitriles is 1. The van der Waals surface area contributed by atoms with Crippen LogP contribution in [0.2, 0.25) is 0 Å². The molecule has 32 heavy (non-hydrogen) atoms. The van der Waals surface area contributed by atoms with Gasteiger partial charge in [-0.25, -0.2) is 0 Å². The monoisotopic (exact) mass is 552 g/mol. The molecule has 0 spiro atoms. The van der Waals surface area contributed by atoms with Crippen molar-refractivity contribution >= 4 is 28.5 Å². The van der Waals surface area contributed by atoms with E-state index in [1.807, 2.05) is 6.08 Å². The maximum Gasteiger partial charge on any atom is 0.264 e. The van der Waals surface area contributed by atoms with Crippen LogP contribution in [-0.2, 0) is 4.79 Å². The van der Waals surface area contributed by atoms with Gasteiger partial charge in [-0.3, -0.25) is 4.79 Å². The number of alkyl halides is 1. The first kappa shape index (κ1) is 26.0. The summed E-state index contributed by atoms with van der Waals surface area (Å²) in [4.78, 5) is 15.4. The number of halogens is 1. The Morgan fingerprint density at radius 3 is 2.25 bits per heavy atom. The second-order valence-corrected chi connectivity index (χ2v) is 14.3. The number of amides is 1. The molecule has 3 nitrogen and oxygen atoms in total. The average molecular weight is 553 g/mol. The van der Waals surface area contributed by atoms with Crippen molar-refractivity contribution in [1.82, 2.24) is 4.90 Å². The molecule has 4 heteroatoms. The van der Waals surface area contributed by atoms with E-state index in [4.69, 9.17) is 0 Å². The highest BCUT2D eigenvalue weighted by Crippen LogP contribution is 2.55. The third-order valence-electron chi connectivity index (χ3n) is 8.63. The van der Waals surface area contributed by atoms with Gasteiger partial charge in [0.15, 0.2) is 0 Å². The number of nitrogens with zero attached hydrogens (tertiary/aromatic N) is 2. The van der Waals surface area contributed by atoms with Crippen molar-refractivity contribution in [2.24, 2.45) is 16.7 Å². The lowest BCUT2D eigenvalue weighted by Gasteiger charge is -2.46. The minimum Gasteiger partial charge on any atom is -0.335 e. The Balaban J connectivity index is 1.72. The molecule has 0 aromatic rings. The average Bonchev–Trinajstić information content (AvgIpc) is 3.11. The van der Waals surface area contributed by atoms with Gasteiger partial charge in [0.1, 0.15) is 11.6 Å². The van der Waals surface area contributed by atoms with Gasteiger partial charge in [0.2, 0.25) is 0 Å². The van der Waals surface area contributed by atoms with Crippen molar-refractivity contribution in [2.45, 2.75) is 127 Å². The van der Waals surface area contributed by atoms with E-state index in [-0.39, 0.29) is 11.3 Å². The standard InChI is InChI=1S/C28H45IN2O/c1-26(2,3)20-23(21-30)25(32)31-19-11-13-24(31)22-12-10-17-28(29,18-14-22)27(4)15-8-6-5-7-9-16-27/h20,22,24H,5-19H2,1-4H3/b23-20+. The molecule has 3 fully saturated rings. The first-order chi connectivity index (χ1) is 15.1. The molecule has 1 amide bonds. The van der Waals surface area contributed by atoms with E-state index in [2.05, 4.69) is 61.3 Å². The first-order valence-electron chi connectivity index (χ1n) is 13.2. The smallest absolute Gasteiger partial charge is 0.264 e. The van der Waals surface area contributed by atoms with E-state index >= 15 is 0 Å². The van der Waals surface area contributed by atoms with Gasteiger partial charge >= 0.3 is 0 Å². The van der Waals surface area contributed by atoms with Crippen molar-refractivity contribution < 1.29 is 4.79 Å². The van der Waals surface area contributed by atoms with Crippen LogP contribution in [-0.4, -0.2) is 26.8 Å². The van der Waals surface area contributed by atoms with Gasteiger partial charge in [0, 0.05) is 16.0 Å². The van der Waals surface area contributed by atoms with E-state index < -0.39 is 0 Å². The summed E-state index contributed by atoms with van der Waals surface area (Å²) in [6.07, 6.45) is 20.2. The molecule has 3 atom stereocenters. The Morgan fingerprint density at radius 2 is 1.62 bits per heavy atom. The highest BCUT2D eigenvalue weighted by atomic mass is 127. The van der Waals surface area contributed by atoms with Crippen LogP contribution in [0.3, 0.4) is 0 Å². The van der Waals surface area contributed by atoms with Crippen LogP contribution in [0, 0.1) is 28.1 Å². The van der Waals surface area contributed by atoms with E-state index in [1.165, 1.54) is 77.0 Å². The number of rotatable bonds is 3. The Bertz CT molecular complexity index is 723. The van der Waals surface area contributed by atoms with Crippen molar-refractivity contribution in [1.29, 1.82) is 5.26 Å². The van der Waals surface area contributed by atoms with Crippen molar-refractivity contribution in [3.8, 4) is 6.07 Å². The van der Waals surface area contributed by atoms with Crippen LogP contribution >= 0.6 is 22.6 Å². The maximum atomic E-state index is 13.3. The van der Waals surface area contributed by atoms with Gasteiger partial charge in [-0.2, -0.15) is 5.26 Å². The van der Waals surface area contributed by atoms with Crippen LogP contribution in [0.4, 0.5) is 0 Å². The Kier molecular flexibility index (Phi) is 8.78. The lowest BCUT2D eigenvalue weighted by atomic mass is 9.66. The van der Waals surface area contributed by atoms with Gasteiger partial charge < -0.3 is 4.90 Å². The van der Waals surface area contributed by atoms with E-state index in [0.29, 0.717) is 26.4 Å². The summed E-state index contributed by atoms with van der Waals surface area (Å²) in [7, 11) is 0. The third-order valence-corrected chi connectivity index (χ3v) is 11.0. The van der Waals surface area contributed by atoms with Gasteiger partial charge in [0.05, 0.1) is 0 Å². The summed E-state index contributed by atoms with van der Waals surface area (Å²) in [5, 5.41) is 9.68. The second kappa shape index (κ2) is 10.8. The molecule has 3 aliphatic rings. The molecule has 0 aromatic carbocycles. The van der Waals surface area contributed by atoms with Crippen molar-refractivity contribution in [2.75, 3.05) is 6.54 Å². The van der Waals surface area contributed by atoms with Crippen LogP contribution in [0.15, 0.2) is 11.6 Å². The fourth-order valence-corrected chi connectivity index (χ4v) is 7.95. The molecule has 1 saturated heterocycles. The number of carbonyl (C=O) groups is 1. The fourth-order valence-electron chi connectivity index (χ4n) is 6.71. The van der Waals surface area contributed by atoms with Crippen molar-refractivity contribution in [3.05, 3.63) is 11.6 Å². The predicted molar refractivity (Wildman–Crippen MR) is 142 cm³/mol. The van der Waals surface area contributed by atoms with Crippen LogP contribution < -0.4 is 0 Å². The SMILES string of the molecule is CC(C)(C)/C=C(\C#N)C(=O)N1CCCC1C1CCCC(I)(C2(C)CCCCCCC2)CC1. The predicted octanol–water partition coefficient (Wildman–Crippen LogP) is 7.98. The third kappa shape index (κ3) is 6.10.